The highest BCUT2D eigenvalue weighted by atomic mass is 31.2. The lowest BCUT2D eigenvalue weighted by molar-refractivity contribution is -0.149. The van der Waals surface area contributed by atoms with Crippen LogP contribution in [0.3, 0.4) is 0 Å². The van der Waals surface area contributed by atoms with E-state index in [0.29, 0.717) is 23.4 Å². The van der Waals surface area contributed by atoms with Gasteiger partial charge in [-0.1, -0.05) is 18.5 Å². The third kappa shape index (κ3) is 7.76. The van der Waals surface area contributed by atoms with Crippen molar-refractivity contribution in [2.24, 2.45) is 5.16 Å². The van der Waals surface area contributed by atoms with E-state index in [0.717, 1.165) is 12.8 Å². The molecule has 0 radical (unpaired) electrons. The average molecular weight is 484 g/mol. The number of unbranched alkanes of at least 4 members (excludes halogenated alkanes) is 1. The van der Waals surface area contributed by atoms with E-state index in [1.807, 2.05) is 6.92 Å². The molecular formula is C20H34N7O5P. The van der Waals surface area contributed by atoms with Crippen molar-refractivity contribution in [1.82, 2.24) is 24.6 Å². The average Bonchev–Trinajstić information content (AvgIpc) is 3.15. The largest absolute Gasteiger partial charge is 0.464 e. The van der Waals surface area contributed by atoms with Crippen LogP contribution in [0.1, 0.15) is 54.4 Å². The lowest BCUT2D eigenvalue weighted by atomic mass is 10.1. The molecule has 2 atom stereocenters. The summed E-state index contributed by atoms with van der Waals surface area (Å²) in [5.41, 5.74) is 6.18. The fraction of sp³-hybridized carbons (Fsp3) is 0.650. The molecule has 0 fully saturated rings. The zero-order valence-electron chi connectivity index (χ0n) is 20.1. The van der Waals surface area contributed by atoms with Gasteiger partial charge in [-0.2, -0.15) is 0 Å². The van der Waals surface area contributed by atoms with E-state index in [1.54, 1.807) is 45.5 Å². The molecule has 0 aliphatic rings. The van der Waals surface area contributed by atoms with Crippen molar-refractivity contribution in [2.45, 2.75) is 72.6 Å². The standard InChI is InChI=1S/C20H34N7O5P/c1-7-8-9-30-19(28)20(5,6)26-33(29,32-25-14(2)3)13-31-15(4)10-27-12-24-16-17(21)22-11-23-18(16)27/h11-12,15H,7-10,13H2,1-6H3,(H,26,29)(H2,21,22,23)/t15-,33?/m0/s1. The van der Waals surface area contributed by atoms with Gasteiger partial charge in [0, 0.05) is 0 Å². The molecule has 0 aliphatic carbocycles. The fourth-order valence-corrected chi connectivity index (χ4v) is 4.61. The van der Waals surface area contributed by atoms with E-state index in [-0.39, 0.29) is 18.8 Å². The van der Waals surface area contributed by atoms with Crippen LogP contribution in [-0.2, 0) is 30.0 Å². The SMILES string of the molecule is CCCCOC(=O)C(C)(C)NP(=O)(CO[C@@H](C)Cn1cnc2c(N)ncnc21)ON=C(C)C. The molecule has 2 aromatic heterocycles. The Bertz CT molecular complexity index is 1020. The first-order valence-electron chi connectivity index (χ1n) is 10.8. The minimum absolute atomic E-state index is 0.287. The van der Waals surface area contributed by atoms with E-state index < -0.39 is 25.1 Å². The van der Waals surface area contributed by atoms with Crippen LogP contribution in [0.15, 0.2) is 17.8 Å². The highest BCUT2D eigenvalue weighted by molar-refractivity contribution is 7.56. The molecule has 2 heterocycles. The highest BCUT2D eigenvalue weighted by Crippen LogP contribution is 2.45. The number of nitrogens with two attached hydrogens (primary N) is 1. The van der Waals surface area contributed by atoms with Crippen LogP contribution in [0.5, 0.6) is 0 Å². The van der Waals surface area contributed by atoms with Crippen LogP contribution < -0.4 is 10.8 Å². The zero-order chi connectivity index (χ0) is 24.6. The summed E-state index contributed by atoms with van der Waals surface area (Å²) in [6.45, 7) is 11.0. The Labute approximate surface area is 193 Å². The van der Waals surface area contributed by atoms with Gasteiger partial charge in [0.25, 0.3) is 0 Å². The van der Waals surface area contributed by atoms with Crippen LogP contribution in [0.4, 0.5) is 5.82 Å². The van der Waals surface area contributed by atoms with Crippen molar-refractivity contribution in [2.75, 3.05) is 18.7 Å². The molecule has 0 spiro atoms. The van der Waals surface area contributed by atoms with E-state index in [2.05, 4.69) is 25.2 Å². The quantitative estimate of drug-likeness (QED) is 0.143. The molecule has 2 rings (SSSR count). The number of nitrogens with zero attached hydrogens (tertiary/aromatic N) is 5. The zero-order valence-corrected chi connectivity index (χ0v) is 21.0. The second-order valence-corrected chi connectivity index (χ2v) is 10.4. The van der Waals surface area contributed by atoms with Crippen molar-refractivity contribution in [1.29, 1.82) is 0 Å². The summed E-state index contributed by atoms with van der Waals surface area (Å²) in [7, 11) is -3.72. The predicted octanol–water partition coefficient (Wildman–Crippen LogP) is 3.09. The van der Waals surface area contributed by atoms with Crippen LogP contribution >= 0.6 is 7.52 Å². The molecule has 12 nitrogen and oxygen atoms in total. The number of imidazole rings is 1. The molecule has 13 heteroatoms. The van der Waals surface area contributed by atoms with Gasteiger partial charge in [0.15, 0.2) is 11.5 Å². The maximum absolute atomic E-state index is 13.5. The third-order valence-electron chi connectivity index (χ3n) is 4.46. The molecule has 3 N–H and O–H groups in total. The molecule has 0 amide bonds. The van der Waals surface area contributed by atoms with E-state index >= 15 is 0 Å². The molecule has 33 heavy (non-hydrogen) atoms. The topological polar surface area (TPSA) is 156 Å². The molecule has 0 saturated heterocycles. The number of esters is 1. The van der Waals surface area contributed by atoms with Gasteiger partial charge in [-0.05, 0) is 41.0 Å². The Morgan fingerprint density at radius 2 is 2.06 bits per heavy atom. The number of ether oxygens (including phenoxy) is 2. The van der Waals surface area contributed by atoms with Crippen molar-refractivity contribution in [3.05, 3.63) is 12.7 Å². The number of nitrogens with one attached hydrogen (secondary N) is 1. The number of carbonyl (C=O) groups excluding carboxylic acids is 1. The Kier molecular flexibility index (Phi) is 9.33. The van der Waals surface area contributed by atoms with E-state index in [1.165, 1.54) is 6.33 Å². The van der Waals surface area contributed by atoms with E-state index in [9.17, 15) is 9.36 Å². The van der Waals surface area contributed by atoms with Crippen LogP contribution in [-0.4, -0.2) is 55.8 Å². The summed E-state index contributed by atoms with van der Waals surface area (Å²) in [5, 5.41) is 6.61. The van der Waals surface area contributed by atoms with Crippen molar-refractivity contribution >= 4 is 36.2 Å². The molecule has 2 aromatic rings. The first kappa shape index (κ1) is 26.7. The Balaban J connectivity index is 2.08. The smallest absolute Gasteiger partial charge is 0.365 e. The second-order valence-electron chi connectivity index (χ2n) is 8.45. The minimum Gasteiger partial charge on any atom is -0.464 e. The first-order chi connectivity index (χ1) is 15.5. The van der Waals surface area contributed by atoms with Crippen LogP contribution in [0.2, 0.25) is 0 Å². The Hall–Kier alpha value is -2.56. The second kappa shape index (κ2) is 11.5. The molecule has 184 valence electrons. The van der Waals surface area contributed by atoms with Gasteiger partial charge in [0.05, 0.1) is 31.3 Å². The molecule has 0 bridgehead atoms. The number of carbonyl (C=O) groups is 1. The van der Waals surface area contributed by atoms with Crippen LogP contribution in [0, 0.1) is 0 Å². The summed E-state index contributed by atoms with van der Waals surface area (Å²) in [5.74, 6) is -0.248. The molecule has 0 aromatic carbocycles. The summed E-state index contributed by atoms with van der Waals surface area (Å²) >= 11 is 0. The maximum atomic E-state index is 13.5. The van der Waals surface area contributed by atoms with Crippen LogP contribution in [0.25, 0.3) is 11.2 Å². The summed E-state index contributed by atoms with van der Waals surface area (Å²) in [6, 6.07) is 0. The first-order valence-corrected chi connectivity index (χ1v) is 12.6. The number of oxime groups is 1. The number of anilines is 1. The predicted molar refractivity (Wildman–Crippen MR) is 126 cm³/mol. The lowest BCUT2D eigenvalue weighted by Crippen LogP contribution is -2.46. The highest BCUT2D eigenvalue weighted by Gasteiger charge is 2.39. The monoisotopic (exact) mass is 483 g/mol. The van der Waals surface area contributed by atoms with Gasteiger partial charge in [-0.25, -0.2) is 20.0 Å². The molecule has 0 saturated carbocycles. The molecular weight excluding hydrogens is 449 g/mol. The van der Waals surface area contributed by atoms with Crippen molar-refractivity contribution in [3.8, 4) is 0 Å². The number of fused-ring (bicyclic) bond motifs is 1. The Morgan fingerprint density at radius 3 is 2.73 bits per heavy atom. The summed E-state index contributed by atoms with van der Waals surface area (Å²) in [4.78, 5) is 24.8. The van der Waals surface area contributed by atoms with Gasteiger partial charge < -0.3 is 24.4 Å². The van der Waals surface area contributed by atoms with Gasteiger partial charge in [0.2, 0.25) is 0 Å². The molecule has 1 unspecified atom stereocenters. The number of hydrogen-bond acceptors (Lipinski definition) is 10. The van der Waals surface area contributed by atoms with Gasteiger partial charge in [0.1, 0.15) is 23.7 Å². The van der Waals surface area contributed by atoms with E-state index in [4.69, 9.17) is 19.8 Å². The fourth-order valence-electron chi connectivity index (χ4n) is 2.77. The van der Waals surface area contributed by atoms with Crippen molar-refractivity contribution in [3.63, 3.8) is 0 Å². The maximum Gasteiger partial charge on any atom is 0.365 e. The number of nitrogen functional groups attached to an aromatic ring is 1. The van der Waals surface area contributed by atoms with Gasteiger partial charge in [-0.3, -0.25) is 9.36 Å². The summed E-state index contributed by atoms with van der Waals surface area (Å²) in [6.07, 6.45) is 3.87. The minimum atomic E-state index is -3.72. The number of hydrogen-bond donors (Lipinski definition) is 2. The normalized spacial score (nSPS) is 14.5. The Morgan fingerprint density at radius 1 is 1.33 bits per heavy atom. The third-order valence-corrected chi connectivity index (χ3v) is 6.19. The lowest BCUT2D eigenvalue weighted by Gasteiger charge is -2.29. The summed E-state index contributed by atoms with van der Waals surface area (Å²) < 4.78 is 31.7. The number of aromatic nitrogens is 4. The number of rotatable bonds is 13. The van der Waals surface area contributed by atoms with Crippen molar-refractivity contribution < 1.29 is 23.5 Å². The van der Waals surface area contributed by atoms with Gasteiger partial charge >= 0.3 is 13.5 Å². The molecule has 0 aliphatic heterocycles. The van der Waals surface area contributed by atoms with Gasteiger partial charge in [-0.15, -0.1) is 0 Å².